The number of methoxy groups -OCH3 is 1. The van der Waals surface area contributed by atoms with Crippen LogP contribution in [-0.4, -0.2) is 67.1 Å². The van der Waals surface area contributed by atoms with Crippen LogP contribution in [0.15, 0.2) is 0 Å². The highest BCUT2D eigenvalue weighted by Gasteiger charge is 2.28. The summed E-state index contributed by atoms with van der Waals surface area (Å²) >= 11 is 0. The number of aliphatic carboxylic acids is 1. The summed E-state index contributed by atoms with van der Waals surface area (Å²) in [6.07, 6.45) is 0.858. The lowest BCUT2D eigenvalue weighted by atomic mass is 10.1. The van der Waals surface area contributed by atoms with Gasteiger partial charge in [-0.1, -0.05) is 0 Å². The molecule has 3 atom stereocenters. The molecule has 0 spiro atoms. The predicted molar refractivity (Wildman–Crippen MR) is 72.6 cm³/mol. The van der Waals surface area contributed by atoms with Gasteiger partial charge in [-0.15, -0.1) is 0 Å². The van der Waals surface area contributed by atoms with Crippen molar-refractivity contribution >= 4 is 12.0 Å². The van der Waals surface area contributed by atoms with E-state index < -0.39 is 12.0 Å². The van der Waals surface area contributed by atoms with Gasteiger partial charge in [0.15, 0.2) is 0 Å². The van der Waals surface area contributed by atoms with Crippen molar-refractivity contribution in [3.8, 4) is 0 Å². The number of nitrogens with zero attached hydrogens (tertiary/aromatic N) is 1. The molecule has 116 valence electrons. The molecule has 1 fully saturated rings. The maximum absolute atomic E-state index is 12.1. The fourth-order valence-corrected chi connectivity index (χ4v) is 2.27. The minimum absolute atomic E-state index is 0.0405. The van der Waals surface area contributed by atoms with Crippen LogP contribution in [-0.2, 0) is 14.3 Å². The highest BCUT2D eigenvalue weighted by Crippen LogP contribution is 2.11. The van der Waals surface area contributed by atoms with E-state index in [1.165, 1.54) is 0 Å². The number of ether oxygens (including phenoxy) is 2. The molecule has 1 unspecified atom stereocenters. The first kappa shape index (κ1) is 16.7. The highest BCUT2D eigenvalue weighted by atomic mass is 16.5. The van der Waals surface area contributed by atoms with Crippen LogP contribution in [0.5, 0.6) is 0 Å². The van der Waals surface area contributed by atoms with Crippen LogP contribution in [0, 0.1) is 0 Å². The van der Waals surface area contributed by atoms with Crippen molar-refractivity contribution in [1.29, 1.82) is 0 Å². The normalized spacial score (nSPS) is 24.2. The summed E-state index contributed by atoms with van der Waals surface area (Å²) in [5.74, 6) is -1.02. The zero-order valence-electron chi connectivity index (χ0n) is 12.3. The van der Waals surface area contributed by atoms with Crippen molar-refractivity contribution < 1.29 is 24.2 Å². The van der Waals surface area contributed by atoms with Crippen LogP contribution in [0.1, 0.15) is 26.7 Å². The predicted octanol–water partition coefficient (Wildman–Crippen LogP) is 0.685. The molecule has 0 bridgehead atoms. The van der Waals surface area contributed by atoms with E-state index in [-0.39, 0.29) is 18.2 Å². The Hall–Kier alpha value is -1.34. The van der Waals surface area contributed by atoms with Gasteiger partial charge >= 0.3 is 12.0 Å². The average molecular weight is 288 g/mol. The Morgan fingerprint density at radius 1 is 1.40 bits per heavy atom. The number of urea groups is 1. The lowest BCUT2D eigenvalue weighted by Gasteiger charge is -2.35. The van der Waals surface area contributed by atoms with E-state index >= 15 is 0 Å². The Morgan fingerprint density at radius 3 is 2.50 bits per heavy atom. The van der Waals surface area contributed by atoms with E-state index in [0.29, 0.717) is 32.5 Å². The monoisotopic (exact) mass is 288 g/mol. The first-order valence-corrected chi connectivity index (χ1v) is 6.86. The minimum Gasteiger partial charge on any atom is -0.480 e. The number of morpholine rings is 1. The largest absolute Gasteiger partial charge is 0.480 e. The number of hydrogen-bond acceptors (Lipinski definition) is 4. The number of carboxylic acid groups (broad SMARTS) is 1. The Morgan fingerprint density at radius 2 is 2.00 bits per heavy atom. The standard InChI is InChI=1S/C13H24N2O5/c1-9-7-15(8-10(2)20-9)13(18)14-11(12(16)17)5-4-6-19-3/h9-11H,4-8H2,1-3H3,(H,14,18)(H,16,17)/t9-,10+,11?. The van der Waals surface area contributed by atoms with Crippen molar-refractivity contribution in [2.75, 3.05) is 26.8 Å². The number of rotatable bonds is 6. The SMILES string of the molecule is COCCCC(NC(=O)N1C[C@@H](C)O[C@@H](C)C1)C(=O)O. The van der Waals surface area contributed by atoms with E-state index in [4.69, 9.17) is 14.6 Å². The van der Waals surface area contributed by atoms with Gasteiger partial charge in [-0.3, -0.25) is 0 Å². The molecule has 1 aliphatic heterocycles. The van der Waals surface area contributed by atoms with E-state index in [0.717, 1.165) is 0 Å². The van der Waals surface area contributed by atoms with Crippen LogP contribution < -0.4 is 5.32 Å². The fourth-order valence-electron chi connectivity index (χ4n) is 2.27. The summed E-state index contributed by atoms with van der Waals surface area (Å²) in [7, 11) is 1.56. The molecule has 20 heavy (non-hydrogen) atoms. The summed E-state index contributed by atoms with van der Waals surface area (Å²) < 4.78 is 10.4. The zero-order chi connectivity index (χ0) is 15.1. The molecular weight excluding hydrogens is 264 g/mol. The zero-order valence-corrected chi connectivity index (χ0v) is 12.3. The van der Waals surface area contributed by atoms with Gasteiger partial charge in [0, 0.05) is 26.8 Å². The number of nitrogens with one attached hydrogen (secondary N) is 1. The number of carbonyl (C=O) groups excluding carboxylic acids is 1. The van der Waals surface area contributed by atoms with Gasteiger partial charge in [0.05, 0.1) is 12.2 Å². The molecule has 0 radical (unpaired) electrons. The van der Waals surface area contributed by atoms with Crippen molar-refractivity contribution in [2.45, 2.75) is 44.9 Å². The third-order valence-corrected chi connectivity index (χ3v) is 3.14. The molecule has 0 aromatic carbocycles. The molecule has 1 aliphatic rings. The second kappa shape index (κ2) is 8.06. The molecule has 0 aromatic heterocycles. The van der Waals surface area contributed by atoms with E-state index in [2.05, 4.69) is 5.32 Å². The van der Waals surface area contributed by atoms with Gasteiger partial charge in [-0.05, 0) is 26.7 Å². The third-order valence-electron chi connectivity index (χ3n) is 3.14. The van der Waals surface area contributed by atoms with Gasteiger partial charge in [-0.25, -0.2) is 9.59 Å². The van der Waals surface area contributed by atoms with Crippen molar-refractivity contribution in [1.82, 2.24) is 10.2 Å². The fraction of sp³-hybridized carbons (Fsp3) is 0.846. The number of carboxylic acids is 1. The van der Waals surface area contributed by atoms with E-state index in [1.54, 1.807) is 12.0 Å². The van der Waals surface area contributed by atoms with Crippen LogP contribution in [0.25, 0.3) is 0 Å². The molecule has 1 saturated heterocycles. The Kier molecular flexibility index (Phi) is 6.74. The summed E-state index contributed by atoms with van der Waals surface area (Å²) in [4.78, 5) is 24.8. The maximum Gasteiger partial charge on any atom is 0.326 e. The molecular formula is C13H24N2O5. The molecule has 7 heteroatoms. The maximum atomic E-state index is 12.1. The molecule has 7 nitrogen and oxygen atoms in total. The van der Waals surface area contributed by atoms with Crippen LogP contribution in [0.4, 0.5) is 4.79 Å². The third kappa shape index (κ3) is 5.34. The molecule has 2 amide bonds. The van der Waals surface area contributed by atoms with Crippen LogP contribution in [0.2, 0.25) is 0 Å². The molecule has 1 heterocycles. The van der Waals surface area contributed by atoms with Gasteiger partial charge in [0.25, 0.3) is 0 Å². The van der Waals surface area contributed by atoms with Gasteiger partial charge in [-0.2, -0.15) is 0 Å². The Labute approximate surface area is 119 Å². The lowest BCUT2D eigenvalue weighted by molar-refractivity contribution is -0.139. The molecule has 0 saturated carbocycles. The molecule has 1 rings (SSSR count). The first-order valence-electron chi connectivity index (χ1n) is 6.86. The van der Waals surface area contributed by atoms with Crippen molar-refractivity contribution in [2.24, 2.45) is 0 Å². The van der Waals surface area contributed by atoms with E-state index in [1.807, 2.05) is 13.8 Å². The smallest absolute Gasteiger partial charge is 0.326 e. The Balaban J connectivity index is 2.50. The topological polar surface area (TPSA) is 88.1 Å². The molecule has 0 aliphatic carbocycles. The van der Waals surface area contributed by atoms with Gasteiger partial charge in [0.1, 0.15) is 6.04 Å². The summed E-state index contributed by atoms with van der Waals surface area (Å²) in [6.45, 7) is 5.21. The van der Waals surface area contributed by atoms with Crippen LogP contribution in [0.3, 0.4) is 0 Å². The molecule has 0 aromatic rings. The first-order chi connectivity index (χ1) is 9.43. The number of amides is 2. The minimum atomic E-state index is -1.02. The van der Waals surface area contributed by atoms with E-state index in [9.17, 15) is 9.59 Å². The summed E-state index contributed by atoms with van der Waals surface area (Å²) in [5, 5.41) is 11.7. The summed E-state index contributed by atoms with van der Waals surface area (Å²) in [6, 6.07) is -1.23. The van der Waals surface area contributed by atoms with Gasteiger partial charge < -0.3 is 24.8 Å². The summed E-state index contributed by atoms with van der Waals surface area (Å²) in [5.41, 5.74) is 0. The number of hydrogen-bond donors (Lipinski definition) is 2. The number of carbonyl (C=O) groups is 2. The second-order valence-electron chi connectivity index (χ2n) is 5.14. The quantitative estimate of drug-likeness (QED) is 0.702. The van der Waals surface area contributed by atoms with Gasteiger partial charge in [0.2, 0.25) is 0 Å². The van der Waals surface area contributed by atoms with Crippen LogP contribution >= 0.6 is 0 Å². The molecule has 2 N–H and O–H groups in total. The van der Waals surface area contributed by atoms with Crippen molar-refractivity contribution in [3.63, 3.8) is 0 Å². The second-order valence-corrected chi connectivity index (χ2v) is 5.14. The average Bonchev–Trinajstić information content (AvgIpc) is 2.36. The van der Waals surface area contributed by atoms with Crippen molar-refractivity contribution in [3.05, 3.63) is 0 Å². The highest BCUT2D eigenvalue weighted by molar-refractivity contribution is 5.82. The Bertz CT molecular complexity index is 327. The lowest BCUT2D eigenvalue weighted by Crippen LogP contribution is -2.54.